The van der Waals surface area contributed by atoms with Crippen LogP contribution in [0.3, 0.4) is 0 Å². The van der Waals surface area contributed by atoms with Crippen LogP contribution in [0.5, 0.6) is 0 Å². The van der Waals surface area contributed by atoms with E-state index in [0.29, 0.717) is 0 Å². The van der Waals surface area contributed by atoms with E-state index in [1.807, 2.05) is 27.7 Å². The van der Waals surface area contributed by atoms with Crippen LogP contribution >= 0.6 is 0 Å². The first kappa shape index (κ1) is 14.8. The van der Waals surface area contributed by atoms with E-state index in [4.69, 9.17) is 9.31 Å². The highest BCUT2D eigenvalue weighted by molar-refractivity contribution is 6.53. The average Bonchev–Trinajstić information content (AvgIpc) is 2.58. The summed E-state index contributed by atoms with van der Waals surface area (Å²) in [6.45, 7) is 9.84. The lowest BCUT2D eigenvalue weighted by molar-refractivity contribution is 0.00578. The molecule has 2 nitrogen and oxygen atoms in total. The molecule has 0 amide bonds. The van der Waals surface area contributed by atoms with Gasteiger partial charge in [0.15, 0.2) is 0 Å². The van der Waals surface area contributed by atoms with Gasteiger partial charge in [-0.2, -0.15) is 0 Å². The first-order chi connectivity index (χ1) is 8.77. The molecule has 0 aromatic heterocycles. The van der Waals surface area contributed by atoms with Gasteiger partial charge in [-0.3, -0.25) is 0 Å². The Bertz CT molecular complexity index is 396. The Balaban J connectivity index is 2.12. The Kier molecular flexibility index (Phi) is 3.94. The van der Waals surface area contributed by atoms with E-state index in [9.17, 15) is 4.39 Å². The largest absolute Gasteiger partial charge is 0.525 e. The summed E-state index contributed by atoms with van der Waals surface area (Å²) < 4.78 is 26.0. The van der Waals surface area contributed by atoms with Crippen molar-refractivity contribution >= 4 is 7.12 Å². The van der Waals surface area contributed by atoms with Crippen molar-refractivity contribution in [2.75, 3.05) is 0 Å². The predicted molar refractivity (Wildman–Crippen MR) is 76.4 cm³/mol. The highest BCUT2D eigenvalue weighted by atomic mass is 19.1. The molecule has 0 aromatic rings. The average molecular weight is 266 g/mol. The predicted octanol–water partition coefficient (Wildman–Crippen LogP) is 4.36. The number of hydrogen-bond donors (Lipinski definition) is 0. The third-order valence-electron chi connectivity index (χ3n) is 4.70. The van der Waals surface area contributed by atoms with Gasteiger partial charge >= 0.3 is 7.12 Å². The van der Waals surface area contributed by atoms with Crippen molar-refractivity contribution in [1.82, 2.24) is 0 Å². The van der Waals surface area contributed by atoms with Gasteiger partial charge < -0.3 is 9.31 Å². The standard InChI is InChI=1S/C15H24BFO2/c1-6-11-7-9-12(10-8-11)13(17)16-18-14(2,3)15(4,5)19-16/h6H,7-10H2,1-5H3. The Morgan fingerprint density at radius 3 is 1.95 bits per heavy atom. The number of halogens is 1. The Morgan fingerprint density at radius 2 is 1.53 bits per heavy atom. The van der Waals surface area contributed by atoms with Crippen molar-refractivity contribution in [3.8, 4) is 0 Å². The van der Waals surface area contributed by atoms with Gasteiger partial charge in [-0.25, -0.2) is 4.39 Å². The SMILES string of the molecule is CC=C1CCC(=C(F)B2OC(C)(C)C(C)(C)O2)CC1. The number of rotatable bonds is 1. The molecule has 2 fully saturated rings. The summed E-state index contributed by atoms with van der Waals surface area (Å²) in [5.41, 5.74) is 1.14. The maximum Gasteiger partial charge on any atom is 0.525 e. The summed E-state index contributed by atoms with van der Waals surface area (Å²) in [4.78, 5) is 0. The van der Waals surface area contributed by atoms with Crippen LogP contribution < -0.4 is 0 Å². The molecule has 19 heavy (non-hydrogen) atoms. The van der Waals surface area contributed by atoms with E-state index in [1.54, 1.807) is 0 Å². The van der Waals surface area contributed by atoms with Gasteiger partial charge in [0.1, 0.15) is 5.73 Å². The maximum atomic E-state index is 14.5. The van der Waals surface area contributed by atoms with Crippen molar-refractivity contribution in [2.24, 2.45) is 0 Å². The summed E-state index contributed by atoms with van der Waals surface area (Å²) in [6, 6.07) is 0. The second-order valence-electron chi connectivity index (χ2n) is 6.49. The number of allylic oxidation sites excluding steroid dienone is 3. The summed E-state index contributed by atoms with van der Waals surface area (Å²) in [5.74, 6) is 0. The van der Waals surface area contributed by atoms with Crippen LogP contribution in [0.4, 0.5) is 4.39 Å². The van der Waals surface area contributed by atoms with Crippen LogP contribution in [0.2, 0.25) is 0 Å². The second-order valence-corrected chi connectivity index (χ2v) is 6.49. The van der Waals surface area contributed by atoms with Crippen LogP contribution in [0.25, 0.3) is 0 Å². The molecule has 0 unspecified atom stereocenters. The monoisotopic (exact) mass is 266 g/mol. The summed E-state index contributed by atoms with van der Waals surface area (Å²) in [7, 11) is -0.827. The van der Waals surface area contributed by atoms with Crippen molar-refractivity contribution in [2.45, 2.75) is 71.5 Å². The topological polar surface area (TPSA) is 18.5 Å². The molecular formula is C15H24BFO2. The molecule has 0 radical (unpaired) electrons. The van der Waals surface area contributed by atoms with E-state index in [1.165, 1.54) is 5.57 Å². The minimum atomic E-state index is -0.827. The summed E-state index contributed by atoms with van der Waals surface area (Å²) in [6.07, 6.45) is 5.63. The molecule has 2 aliphatic rings. The molecule has 1 saturated carbocycles. The quantitative estimate of drug-likeness (QED) is 0.518. The van der Waals surface area contributed by atoms with Crippen molar-refractivity contribution in [1.29, 1.82) is 0 Å². The zero-order valence-electron chi connectivity index (χ0n) is 12.7. The maximum absolute atomic E-state index is 14.5. The second kappa shape index (κ2) is 5.06. The molecule has 1 saturated heterocycles. The van der Waals surface area contributed by atoms with Gasteiger partial charge in [-0.15, -0.1) is 0 Å². The molecular weight excluding hydrogens is 242 g/mol. The summed E-state index contributed by atoms with van der Waals surface area (Å²) in [5, 5.41) is 0. The zero-order chi connectivity index (χ0) is 14.3. The highest BCUT2D eigenvalue weighted by Gasteiger charge is 2.53. The highest BCUT2D eigenvalue weighted by Crippen LogP contribution is 2.41. The van der Waals surface area contributed by atoms with Gasteiger partial charge in [0.25, 0.3) is 0 Å². The van der Waals surface area contributed by atoms with Crippen LogP contribution in [-0.4, -0.2) is 18.3 Å². The molecule has 2 rings (SSSR count). The fraction of sp³-hybridized carbons (Fsp3) is 0.733. The third kappa shape index (κ3) is 2.80. The molecule has 0 aromatic carbocycles. The molecule has 1 heterocycles. The van der Waals surface area contributed by atoms with Crippen LogP contribution in [-0.2, 0) is 9.31 Å². The molecule has 0 spiro atoms. The first-order valence-electron chi connectivity index (χ1n) is 7.14. The van der Waals surface area contributed by atoms with E-state index < -0.39 is 18.3 Å². The molecule has 1 aliphatic heterocycles. The molecule has 106 valence electrons. The Hall–Kier alpha value is -0.605. The minimum absolute atomic E-state index is 0.200. The molecule has 0 N–H and O–H groups in total. The summed E-state index contributed by atoms with van der Waals surface area (Å²) >= 11 is 0. The van der Waals surface area contributed by atoms with Gasteiger partial charge in [0.05, 0.1) is 11.2 Å². The van der Waals surface area contributed by atoms with E-state index >= 15 is 0 Å². The van der Waals surface area contributed by atoms with E-state index in [0.717, 1.165) is 31.3 Å². The minimum Gasteiger partial charge on any atom is -0.398 e. The lowest BCUT2D eigenvalue weighted by Crippen LogP contribution is -2.41. The van der Waals surface area contributed by atoms with E-state index in [-0.39, 0.29) is 5.73 Å². The fourth-order valence-electron chi connectivity index (χ4n) is 2.51. The lowest BCUT2D eigenvalue weighted by Gasteiger charge is -2.32. The van der Waals surface area contributed by atoms with Gasteiger partial charge in [-0.1, -0.05) is 11.6 Å². The van der Waals surface area contributed by atoms with Gasteiger partial charge in [0, 0.05) is 0 Å². The fourth-order valence-corrected chi connectivity index (χ4v) is 2.51. The molecule has 1 aliphatic carbocycles. The van der Waals surface area contributed by atoms with E-state index in [2.05, 4.69) is 13.0 Å². The Labute approximate surface area is 116 Å². The Morgan fingerprint density at radius 1 is 1.05 bits per heavy atom. The number of hydrogen-bond acceptors (Lipinski definition) is 2. The smallest absolute Gasteiger partial charge is 0.398 e. The molecule has 4 heteroatoms. The van der Waals surface area contributed by atoms with Gasteiger partial charge in [0.2, 0.25) is 0 Å². The molecule has 0 atom stereocenters. The van der Waals surface area contributed by atoms with Crippen LogP contribution in [0.15, 0.2) is 22.9 Å². The lowest BCUT2D eigenvalue weighted by atomic mass is 9.79. The van der Waals surface area contributed by atoms with Crippen LogP contribution in [0.1, 0.15) is 60.3 Å². The van der Waals surface area contributed by atoms with Gasteiger partial charge in [-0.05, 0) is 65.9 Å². The van der Waals surface area contributed by atoms with Crippen LogP contribution in [0, 0.1) is 0 Å². The third-order valence-corrected chi connectivity index (χ3v) is 4.70. The van der Waals surface area contributed by atoms with Crippen molar-refractivity contribution in [3.05, 3.63) is 22.9 Å². The normalized spacial score (nSPS) is 25.7. The van der Waals surface area contributed by atoms with Crippen molar-refractivity contribution < 1.29 is 13.7 Å². The van der Waals surface area contributed by atoms with Crippen molar-refractivity contribution in [3.63, 3.8) is 0 Å². The molecule has 0 bridgehead atoms. The first-order valence-corrected chi connectivity index (χ1v) is 7.14. The zero-order valence-corrected chi connectivity index (χ0v) is 12.7.